The Bertz CT molecular complexity index is 424. The number of carbonyl (C=O) groups is 1. The van der Waals surface area contributed by atoms with Crippen LogP contribution in [-0.2, 0) is 11.2 Å². The summed E-state index contributed by atoms with van der Waals surface area (Å²) in [7, 11) is 0. The van der Waals surface area contributed by atoms with Crippen LogP contribution in [0.25, 0.3) is 0 Å². The van der Waals surface area contributed by atoms with Gasteiger partial charge in [0.05, 0.1) is 0 Å². The number of amides is 1. The number of benzene rings is 1. The average Bonchev–Trinajstić information content (AvgIpc) is 2.29. The van der Waals surface area contributed by atoms with Gasteiger partial charge in [-0.3, -0.25) is 4.79 Å². The number of hydrogen-bond donors (Lipinski definition) is 1. The van der Waals surface area contributed by atoms with Gasteiger partial charge in [-0.05, 0) is 25.0 Å². The first-order valence-electron chi connectivity index (χ1n) is 5.46. The third-order valence-corrected chi connectivity index (χ3v) is 2.56. The van der Waals surface area contributed by atoms with E-state index in [1.165, 1.54) is 5.56 Å². The predicted molar refractivity (Wildman–Crippen MR) is 63.7 cm³/mol. The van der Waals surface area contributed by atoms with E-state index in [9.17, 15) is 4.79 Å². The van der Waals surface area contributed by atoms with Crippen molar-refractivity contribution < 1.29 is 9.53 Å². The quantitative estimate of drug-likeness (QED) is 0.790. The third kappa shape index (κ3) is 2.42. The van der Waals surface area contributed by atoms with Gasteiger partial charge in [-0.1, -0.05) is 18.2 Å². The van der Waals surface area contributed by atoms with Crippen molar-refractivity contribution in [1.82, 2.24) is 0 Å². The highest BCUT2D eigenvalue weighted by atomic mass is 16.5. The van der Waals surface area contributed by atoms with Crippen molar-refractivity contribution in [3.8, 4) is 5.75 Å². The average molecular weight is 217 g/mol. The Kier molecular flexibility index (Phi) is 3.25. The Labute approximate surface area is 95.1 Å². The SMILES string of the molecule is C/C=C/COc1ccc2c(c1)NC(=O)CC2. The molecule has 0 radical (unpaired) electrons. The van der Waals surface area contributed by atoms with Crippen molar-refractivity contribution in [2.24, 2.45) is 0 Å². The maximum Gasteiger partial charge on any atom is 0.224 e. The minimum atomic E-state index is 0.0816. The summed E-state index contributed by atoms with van der Waals surface area (Å²) in [4.78, 5) is 11.2. The minimum Gasteiger partial charge on any atom is -0.489 e. The molecule has 84 valence electrons. The molecule has 0 fully saturated rings. The van der Waals surface area contributed by atoms with E-state index in [4.69, 9.17) is 4.74 Å². The van der Waals surface area contributed by atoms with E-state index >= 15 is 0 Å². The molecule has 1 aromatic carbocycles. The Morgan fingerprint density at radius 1 is 1.44 bits per heavy atom. The molecule has 0 aliphatic carbocycles. The monoisotopic (exact) mass is 217 g/mol. The number of fused-ring (bicyclic) bond motifs is 1. The molecule has 1 aliphatic rings. The zero-order valence-corrected chi connectivity index (χ0v) is 9.32. The fourth-order valence-corrected chi connectivity index (χ4v) is 1.68. The number of rotatable bonds is 3. The van der Waals surface area contributed by atoms with E-state index in [1.807, 2.05) is 37.3 Å². The molecule has 0 spiro atoms. The van der Waals surface area contributed by atoms with E-state index in [0.717, 1.165) is 17.9 Å². The molecule has 1 heterocycles. The van der Waals surface area contributed by atoms with E-state index in [-0.39, 0.29) is 5.91 Å². The Morgan fingerprint density at radius 2 is 2.31 bits per heavy atom. The molecule has 0 unspecified atom stereocenters. The largest absolute Gasteiger partial charge is 0.489 e. The second-order valence-electron chi connectivity index (χ2n) is 3.75. The van der Waals surface area contributed by atoms with Crippen LogP contribution in [0.2, 0.25) is 0 Å². The Hall–Kier alpha value is -1.77. The maximum atomic E-state index is 11.2. The number of anilines is 1. The highest BCUT2D eigenvalue weighted by molar-refractivity contribution is 5.94. The summed E-state index contributed by atoms with van der Waals surface area (Å²) in [6, 6.07) is 5.84. The number of nitrogens with one attached hydrogen (secondary N) is 1. The summed E-state index contributed by atoms with van der Waals surface area (Å²) in [6.45, 7) is 2.51. The van der Waals surface area contributed by atoms with Crippen LogP contribution in [-0.4, -0.2) is 12.5 Å². The van der Waals surface area contributed by atoms with Crippen LogP contribution in [0.1, 0.15) is 18.9 Å². The summed E-state index contributed by atoms with van der Waals surface area (Å²) in [5.41, 5.74) is 2.06. The van der Waals surface area contributed by atoms with E-state index < -0.39 is 0 Å². The second-order valence-corrected chi connectivity index (χ2v) is 3.75. The van der Waals surface area contributed by atoms with Crippen LogP contribution >= 0.6 is 0 Å². The topological polar surface area (TPSA) is 38.3 Å². The van der Waals surface area contributed by atoms with Gasteiger partial charge in [-0.25, -0.2) is 0 Å². The molecule has 1 aliphatic heterocycles. The number of allylic oxidation sites excluding steroid dienone is 1. The lowest BCUT2D eigenvalue weighted by atomic mass is 10.0. The van der Waals surface area contributed by atoms with Gasteiger partial charge in [0.25, 0.3) is 0 Å². The molecule has 1 N–H and O–H groups in total. The maximum absolute atomic E-state index is 11.2. The van der Waals surface area contributed by atoms with Crippen molar-refractivity contribution in [2.45, 2.75) is 19.8 Å². The predicted octanol–water partition coefficient (Wildman–Crippen LogP) is 2.53. The first kappa shape index (κ1) is 10.7. The van der Waals surface area contributed by atoms with Crippen LogP contribution in [0.4, 0.5) is 5.69 Å². The third-order valence-electron chi connectivity index (χ3n) is 2.56. The molecule has 0 saturated carbocycles. The number of aryl methyl sites for hydroxylation is 1. The molecule has 3 heteroatoms. The van der Waals surface area contributed by atoms with Crippen molar-refractivity contribution >= 4 is 11.6 Å². The molecule has 0 aromatic heterocycles. The smallest absolute Gasteiger partial charge is 0.224 e. The zero-order valence-electron chi connectivity index (χ0n) is 9.32. The van der Waals surface area contributed by atoms with Crippen LogP contribution < -0.4 is 10.1 Å². The van der Waals surface area contributed by atoms with Crippen molar-refractivity contribution in [3.05, 3.63) is 35.9 Å². The second kappa shape index (κ2) is 4.84. The standard InChI is InChI=1S/C13H15NO2/c1-2-3-8-16-11-6-4-10-5-7-13(15)14-12(10)9-11/h2-4,6,9H,5,7-8H2,1H3,(H,14,15)/b3-2+. The van der Waals surface area contributed by atoms with E-state index in [0.29, 0.717) is 13.0 Å². The van der Waals surface area contributed by atoms with Gasteiger partial charge < -0.3 is 10.1 Å². The first-order valence-corrected chi connectivity index (χ1v) is 5.46. The summed E-state index contributed by atoms with van der Waals surface area (Å²) in [5.74, 6) is 0.872. The van der Waals surface area contributed by atoms with Gasteiger partial charge in [0.2, 0.25) is 5.91 Å². The normalized spacial score (nSPS) is 14.7. The van der Waals surface area contributed by atoms with Crippen LogP contribution in [0.15, 0.2) is 30.4 Å². The highest BCUT2D eigenvalue weighted by Crippen LogP contribution is 2.26. The zero-order chi connectivity index (χ0) is 11.4. The van der Waals surface area contributed by atoms with Gasteiger partial charge in [-0.15, -0.1) is 0 Å². The van der Waals surface area contributed by atoms with Crippen molar-refractivity contribution in [1.29, 1.82) is 0 Å². The molecular weight excluding hydrogens is 202 g/mol. The van der Waals surface area contributed by atoms with Gasteiger partial charge in [0, 0.05) is 18.2 Å². The van der Waals surface area contributed by atoms with Gasteiger partial charge >= 0.3 is 0 Å². The fraction of sp³-hybridized carbons (Fsp3) is 0.308. The fourth-order valence-electron chi connectivity index (χ4n) is 1.68. The van der Waals surface area contributed by atoms with E-state index in [1.54, 1.807) is 0 Å². The van der Waals surface area contributed by atoms with Crippen molar-refractivity contribution in [2.75, 3.05) is 11.9 Å². The summed E-state index contributed by atoms with van der Waals surface area (Å²) < 4.78 is 5.51. The number of ether oxygens (including phenoxy) is 1. The molecule has 0 atom stereocenters. The molecule has 1 aromatic rings. The summed E-state index contributed by atoms with van der Waals surface area (Å²) in [6.07, 6.45) is 5.28. The van der Waals surface area contributed by atoms with Crippen LogP contribution in [0, 0.1) is 0 Å². The van der Waals surface area contributed by atoms with Crippen LogP contribution in [0.5, 0.6) is 5.75 Å². The first-order chi connectivity index (χ1) is 7.79. The lowest BCUT2D eigenvalue weighted by Crippen LogP contribution is -2.18. The summed E-state index contributed by atoms with van der Waals surface area (Å²) >= 11 is 0. The van der Waals surface area contributed by atoms with Crippen molar-refractivity contribution in [3.63, 3.8) is 0 Å². The van der Waals surface area contributed by atoms with Crippen LogP contribution in [0.3, 0.4) is 0 Å². The highest BCUT2D eigenvalue weighted by Gasteiger charge is 2.14. The lowest BCUT2D eigenvalue weighted by Gasteiger charge is -2.17. The molecule has 2 rings (SSSR count). The van der Waals surface area contributed by atoms with Gasteiger partial charge in [0.15, 0.2) is 0 Å². The van der Waals surface area contributed by atoms with Gasteiger partial charge in [-0.2, -0.15) is 0 Å². The Balaban J connectivity index is 2.11. The molecular formula is C13H15NO2. The molecule has 0 bridgehead atoms. The van der Waals surface area contributed by atoms with E-state index in [2.05, 4.69) is 5.32 Å². The molecule has 16 heavy (non-hydrogen) atoms. The number of hydrogen-bond acceptors (Lipinski definition) is 2. The molecule has 0 saturated heterocycles. The molecule has 3 nitrogen and oxygen atoms in total. The van der Waals surface area contributed by atoms with Gasteiger partial charge in [0.1, 0.15) is 12.4 Å². The Morgan fingerprint density at radius 3 is 3.12 bits per heavy atom. The summed E-state index contributed by atoms with van der Waals surface area (Å²) in [5, 5.41) is 2.85. The molecule has 1 amide bonds. The number of carbonyl (C=O) groups excluding carboxylic acids is 1. The minimum absolute atomic E-state index is 0.0816. The lowest BCUT2D eigenvalue weighted by molar-refractivity contribution is -0.116.